The van der Waals surface area contributed by atoms with Gasteiger partial charge in [-0.15, -0.1) is 0 Å². The summed E-state index contributed by atoms with van der Waals surface area (Å²) in [5.41, 5.74) is 1.15. The molecule has 1 aliphatic rings. The second-order valence-electron chi connectivity index (χ2n) is 4.70. The predicted octanol–water partition coefficient (Wildman–Crippen LogP) is 2.66. The first-order valence-corrected chi connectivity index (χ1v) is 7.87. The molecule has 0 aromatic carbocycles. The van der Waals surface area contributed by atoms with Crippen LogP contribution in [0.5, 0.6) is 0 Å². The summed E-state index contributed by atoms with van der Waals surface area (Å²) in [6.07, 6.45) is 10.6. The molecule has 0 atom stereocenters. The summed E-state index contributed by atoms with van der Waals surface area (Å²) in [6.45, 7) is 0.857. The zero-order valence-electron chi connectivity index (χ0n) is 11.2. The van der Waals surface area contributed by atoms with E-state index in [-0.39, 0.29) is 0 Å². The van der Waals surface area contributed by atoms with E-state index in [4.69, 9.17) is 0 Å². The summed E-state index contributed by atoms with van der Waals surface area (Å²) in [7, 11) is 1.91. The minimum atomic E-state index is 0.670. The molecule has 0 spiro atoms. The van der Waals surface area contributed by atoms with Crippen molar-refractivity contribution in [2.24, 2.45) is 0 Å². The lowest BCUT2D eigenvalue weighted by Gasteiger charge is -2.23. The molecule has 100 valence electrons. The molecule has 5 heteroatoms. The fourth-order valence-corrected chi connectivity index (χ4v) is 2.74. The Labute approximate surface area is 113 Å². The standard InChI is InChI=1S/C13H22N4S/c1-14-12-10(9-16-13(17-12)18-2)8-15-11-6-4-3-5-7-11/h9,11,15H,3-8H2,1-2H3,(H,14,16,17). The molecule has 1 aromatic rings. The molecule has 1 aliphatic carbocycles. The van der Waals surface area contributed by atoms with Crippen molar-refractivity contribution in [1.29, 1.82) is 0 Å². The van der Waals surface area contributed by atoms with Gasteiger partial charge in [0.1, 0.15) is 5.82 Å². The lowest BCUT2D eigenvalue weighted by molar-refractivity contribution is 0.372. The third-order valence-electron chi connectivity index (χ3n) is 3.45. The van der Waals surface area contributed by atoms with Gasteiger partial charge in [-0.1, -0.05) is 31.0 Å². The van der Waals surface area contributed by atoms with Crippen molar-refractivity contribution in [1.82, 2.24) is 15.3 Å². The third kappa shape index (κ3) is 3.59. The van der Waals surface area contributed by atoms with E-state index in [1.165, 1.54) is 32.1 Å². The minimum Gasteiger partial charge on any atom is -0.373 e. The van der Waals surface area contributed by atoms with Crippen LogP contribution in [0.15, 0.2) is 11.4 Å². The van der Waals surface area contributed by atoms with Crippen LogP contribution in [0.4, 0.5) is 5.82 Å². The molecule has 1 aromatic heterocycles. The number of anilines is 1. The van der Waals surface area contributed by atoms with Crippen molar-refractivity contribution >= 4 is 17.6 Å². The number of hydrogen-bond acceptors (Lipinski definition) is 5. The Kier molecular flexibility index (Phi) is 5.26. The molecule has 4 nitrogen and oxygen atoms in total. The van der Waals surface area contributed by atoms with Crippen LogP contribution in [0, 0.1) is 0 Å². The molecule has 0 bridgehead atoms. The second kappa shape index (κ2) is 6.95. The summed E-state index contributed by atoms with van der Waals surface area (Å²) in [5.74, 6) is 0.942. The first-order chi connectivity index (χ1) is 8.83. The van der Waals surface area contributed by atoms with Gasteiger partial charge in [0.2, 0.25) is 0 Å². The van der Waals surface area contributed by atoms with Crippen molar-refractivity contribution in [3.63, 3.8) is 0 Å². The highest BCUT2D eigenvalue weighted by Crippen LogP contribution is 2.19. The van der Waals surface area contributed by atoms with E-state index in [0.717, 1.165) is 23.1 Å². The van der Waals surface area contributed by atoms with E-state index in [2.05, 4.69) is 20.6 Å². The van der Waals surface area contributed by atoms with Crippen molar-refractivity contribution in [2.75, 3.05) is 18.6 Å². The van der Waals surface area contributed by atoms with Gasteiger partial charge in [0, 0.05) is 31.4 Å². The fraction of sp³-hybridized carbons (Fsp3) is 0.692. The Balaban J connectivity index is 1.95. The van der Waals surface area contributed by atoms with Crippen molar-refractivity contribution in [2.45, 2.75) is 49.8 Å². The smallest absolute Gasteiger partial charge is 0.189 e. The minimum absolute atomic E-state index is 0.670. The van der Waals surface area contributed by atoms with Crippen LogP contribution in [0.2, 0.25) is 0 Å². The Morgan fingerprint density at radius 3 is 2.78 bits per heavy atom. The summed E-state index contributed by atoms with van der Waals surface area (Å²) >= 11 is 1.57. The highest BCUT2D eigenvalue weighted by atomic mass is 32.2. The van der Waals surface area contributed by atoms with Gasteiger partial charge in [-0.2, -0.15) is 0 Å². The van der Waals surface area contributed by atoms with Gasteiger partial charge >= 0.3 is 0 Å². The van der Waals surface area contributed by atoms with E-state index < -0.39 is 0 Å². The van der Waals surface area contributed by atoms with Crippen molar-refractivity contribution < 1.29 is 0 Å². The van der Waals surface area contributed by atoms with Gasteiger partial charge in [0.25, 0.3) is 0 Å². The average molecular weight is 266 g/mol. The summed E-state index contributed by atoms with van der Waals surface area (Å²) in [5, 5.41) is 7.60. The SMILES string of the molecule is CNc1nc(SC)ncc1CNC1CCCCC1. The molecule has 18 heavy (non-hydrogen) atoms. The quantitative estimate of drug-likeness (QED) is 0.634. The van der Waals surface area contributed by atoms with Crippen LogP contribution in [-0.2, 0) is 6.54 Å². The Morgan fingerprint density at radius 1 is 1.33 bits per heavy atom. The molecule has 1 fully saturated rings. The second-order valence-corrected chi connectivity index (χ2v) is 5.47. The molecule has 2 N–H and O–H groups in total. The number of hydrogen-bond donors (Lipinski definition) is 2. The predicted molar refractivity (Wildman–Crippen MR) is 77.1 cm³/mol. The van der Waals surface area contributed by atoms with Crippen LogP contribution < -0.4 is 10.6 Å². The molecule has 0 aliphatic heterocycles. The molecule has 0 amide bonds. The molecular formula is C13H22N4S. The van der Waals surface area contributed by atoms with E-state index >= 15 is 0 Å². The first kappa shape index (κ1) is 13.6. The van der Waals surface area contributed by atoms with E-state index in [0.29, 0.717) is 6.04 Å². The van der Waals surface area contributed by atoms with Crippen molar-refractivity contribution in [3.05, 3.63) is 11.8 Å². The van der Waals surface area contributed by atoms with E-state index in [9.17, 15) is 0 Å². The van der Waals surface area contributed by atoms with Crippen LogP contribution in [0.25, 0.3) is 0 Å². The zero-order chi connectivity index (χ0) is 12.8. The van der Waals surface area contributed by atoms with Crippen LogP contribution in [-0.4, -0.2) is 29.3 Å². The van der Waals surface area contributed by atoms with Gasteiger partial charge in [-0.25, -0.2) is 9.97 Å². The monoisotopic (exact) mass is 266 g/mol. The molecular weight excluding hydrogens is 244 g/mol. The van der Waals surface area contributed by atoms with E-state index in [1.54, 1.807) is 11.8 Å². The molecule has 1 heterocycles. The highest BCUT2D eigenvalue weighted by Gasteiger charge is 2.13. The Hall–Kier alpha value is -0.810. The average Bonchev–Trinajstić information content (AvgIpc) is 2.46. The summed E-state index contributed by atoms with van der Waals surface area (Å²) in [4.78, 5) is 8.82. The van der Waals surface area contributed by atoms with Gasteiger partial charge in [-0.05, 0) is 19.1 Å². The van der Waals surface area contributed by atoms with Gasteiger partial charge in [0.05, 0.1) is 0 Å². The number of thioether (sulfide) groups is 1. The van der Waals surface area contributed by atoms with E-state index in [1.807, 2.05) is 19.5 Å². The summed E-state index contributed by atoms with van der Waals surface area (Å²) < 4.78 is 0. The highest BCUT2D eigenvalue weighted by molar-refractivity contribution is 7.98. The summed E-state index contributed by atoms with van der Waals surface area (Å²) in [6, 6.07) is 0.670. The zero-order valence-corrected chi connectivity index (χ0v) is 12.0. The number of rotatable bonds is 5. The fourth-order valence-electron chi connectivity index (χ4n) is 2.40. The number of nitrogens with one attached hydrogen (secondary N) is 2. The molecule has 0 saturated heterocycles. The van der Waals surface area contributed by atoms with Crippen molar-refractivity contribution in [3.8, 4) is 0 Å². The maximum absolute atomic E-state index is 4.47. The molecule has 0 radical (unpaired) electrons. The lowest BCUT2D eigenvalue weighted by atomic mass is 9.95. The molecule has 0 unspecified atom stereocenters. The number of nitrogens with zero attached hydrogens (tertiary/aromatic N) is 2. The van der Waals surface area contributed by atoms with Gasteiger partial charge in [0.15, 0.2) is 5.16 Å². The van der Waals surface area contributed by atoms with Crippen LogP contribution in [0.1, 0.15) is 37.7 Å². The number of aromatic nitrogens is 2. The Bertz CT molecular complexity index is 377. The van der Waals surface area contributed by atoms with Crippen LogP contribution >= 0.6 is 11.8 Å². The topological polar surface area (TPSA) is 49.8 Å². The van der Waals surface area contributed by atoms with Gasteiger partial charge < -0.3 is 10.6 Å². The maximum atomic E-state index is 4.47. The lowest BCUT2D eigenvalue weighted by Crippen LogP contribution is -2.30. The first-order valence-electron chi connectivity index (χ1n) is 6.64. The normalized spacial score (nSPS) is 16.8. The molecule has 1 saturated carbocycles. The van der Waals surface area contributed by atoms with Crippen LogP contribution in [0.3, 0.4) is 0 Å². The van der Waals surface area contributed by atoms with Gasteiger partial charge in [-0.3, -0.25) is 0 Å². The molecule has 2 rings (SSSR count). The third-order valence-corrected chi connectivity index (χ3v) is 4.01. The Morgan fingerprint density at radius 2 is 2.11 bits per heavy atom. The maximum Gasteiger partial charge on any atom is 0.189 e. The largest absolute Gasteiger partial charge is 0.373 e.